The van der Waals surface area contributed by atoms with E-state index in [9.17, 15) is 0 Å². The molecule has 0 amide bonds. The lowest BCUT2D eigenvalue weighted by Crippen LogP contribution is -2.14. The Morgan fingerprint density at radius 2 is 1.93 bits per heavy atom. The van der Waals surface area contributed by atoms with Gasteiger partial charge in [-0.3, -0.25) is 0 Å². The molecular formula is C22H32N4O. The van der Waals surface area contributed by atoms with Crippen LogP contribution in [0.2, 0.25) is 0 Å². The van der Waals surface area contributed by atoms with Crippen molar-refractivity contribution in [2.45, 2.75) is 54.4 Å². The maximum atomic E-state index is 6.05. The average Bonchev–Trinajstić information content (AvgIpc) is 2.61. The van der Waals surface area contributed by atoms with Crippen LogP contribution in [0.5, 0.6) is 11.6 Å². The van der Waals surface area contributed by atoms with Crippen molar-refractivity contribution in [2.24, 2.45) is 10.4 Å². The van der Waals surface area contributed by atoms with E-state index in [1.54, 1.807) is 12.3 Å². The second-order valence-electron chi connectivity index (χ2n) is 8.20. The van der Waals surface area contributed by atoms with E-state index in [4.69, 9.17) is 4.74 Å². The number of benzene rings is 1. The molecule has 0 aliphatic heterocycles. The van der Waals surface area contributed by atoms with Gasteiger partial charge in [-0.15, -0.1) is 0 Å². The quantitative estimate of drug-likeness (QED) is 0.480. The van der Waals surface area contributed by atoms with Gasteiger partial charge >= 0.3 is 0 Å². The molecule has 5 heteroatoms. The molecule has 0 aliphatic rings. The maximum Gasteiger partial charge on any atom is 0.222 e. The number of hydrogen-bond donors (Lipinski definition) is 0. The van der Waals surface area contributed by atoms with E-state index in [0.717, 1.165) is 47.8 Å². The summed E-state index contributed by atoms with van der Waals surface area (Å²) in [6, 6.07) is 5.87. The zero-order valence-electron chi connectivity index (χ0n) is 17.7. The van der Waals surface area contributed by atoms with Crippen LogP contribution in [-0.4, -0.2) is 34.8 Å². The van der Waals surface area contributed by atoms with E-state index in [0.29, 0.717) is 5.88 Å². The Balaban J connectivity index is 2.15. The number of hydrogen-bond acceptors (Lipinski definition) is 4. The molecule has 1 heterocycles. The fourth-order valence-corrected chi connectivity index (χ4v) is 2.42. The van der Waals surface area contributed by atoms with Gasteiger partial charge in [0.05, 0.1) is 12.0 Å². The second-order valence-corrected chi connectivity index (χ2v) is 8.20. The fraction of sp³-hybridized carbons (Fsp3) is 0.500. The lowest BCUT2D eigenvalue weighted by Gasteiger charge is -2.17. The first-order chi connectivity index (χ1) is 12.7. The standard InChI is InChI=1S/C22H32N4O/c1-8-26(7)15-24-18-13-17(3)19(14-16(18)2)27-21-10-12-23-20(25-21)9-11-22(4,5)6/h10,12-15H,8-9,11H2,1-7H3. The number of aryl methyl sites for hydroxylation is 3. The minimum atomic E-state index is 0.260. The van der Waals surface area contributed by atoms with Crippen molar-refractivity contribution in [3.05, 3.63) is 41.3 Å². The van der Waals surface area contributed by atoms with Crippen LogP contribution in [0.4, 0.5) is 5.69 Å². The summed E-state index contributed by atoms with van der Waals surface area (Å²) in [4.78, 5) is 15.5. The van der Waals surface area contributed by atoms with Gasteiger partial charge in [0.1, 0.15) is 11.6 Å². The predicted molar refractivity (Wildman–Crippen MR) is 112 cm³/mol. The Morgan fingerprint density at radius 3 is 2.59 bits per heavy atom. The number of aliphatic imine (C=N–C) groups is 1. The van der Waals surface area contributed by atoms with Gasteiger partial charge in [0, 0.05) is 32.3 Å². The summed E-state index contributed by atoms with van der Waals surface area (Å²) >= 11 is 0. The monoisotopic (exact) mass is 368 g/mol. The Bertz CT molecular complexity index is 793. The molecule has 146 valence electrons. The molecule has 0 saturated heterocycles. The number of rotatable bonds is 7. The van der Waals surface area contributed by atoms with Crippen LogP contribution in [0, 0.1) is 19.3 Å². The van der Waals surface area contributed by atoms with Gasteiger partial charge in [-0.25, -0.2) is 9.98 Å². The fourth-order valence-electron chi connectivity index (χ4n) is 2.42. The molecule has 0 aliphatic carbocycles. The molecule has 0 fully saturated rings. The molecule has 2 aromatic rings. The SMILES string of the molecule is CCN(C)C=Nc1cc(C)c(Oc2ccnc(CCC(C)(C)C)n2)cc1C. The highest BCUT2D eigenvalue weighted by Crippen LogP contribution is 2.31. The zero-order chi connectivity index (χ0) is 20.0. The highest BCUT2D eigenvalue weighted by molar-refractivity contribution is 5.64. The predicted octanol–water partition coefficient (Wildman–Crippen LogP) is 5.48. The van der Waals surface area contributed by atoms with Crippen LogP contribution < -0.4 is 4.74 Å². The van der Waals surface area contributed by atoms with Crippen molar-refractivity contribution in [1.82, 2.24) is 14.9 Å². The Labute approximate surface area is 163 Å². The van der Waals surface area contributed by atoms with E-state index in [2.05, 4.69) is 42.7 Å². The third kappa shape index (κ3) is 6.66. The Kier molecular flexibility index (Phi) is 6.94. The van der Waals surface area contributed by atoms with Crippen molar-refractivity contribution in [1.29, 1.82) is 0 Å². The van der Waals surface area contributed by atoms with E-state index < -0.39 is 0 Å². The number of aromatic nitrogens is 2. The molecular weight excluding hydrogens is 336 g/mol. The van der Waals surface area contributed by atoms with E-state index in [-0.39, 0.29) is 5.41 Å². The topological polar surface area (TPSA) is 50.6 Å². The van der Waals surface area contributed by atoms with Gasteiger partial charge in [-0.1, -0.05) is 20.8 Å². The number of nitrogens with zero attached hydrogens (tertiary/aromatic N) is 4. The summed E-state index contributed by atoms with van der Waals surface area (Å²) in [5, 5.41) is 0. The molecule has 5 nitrogen and oxygen atoms in total. The first-order valence-corrected chi connectivity index (χ1v) is 9.53. The van der Waals surface area contributed by atoms with Crippen molar-refractivity contribution < 1.29 is 4.74 Å². The molecule has 0 N–H and O–H groups in total. The molecule has 2 rings (SSSR count). The van der Waals surface area contributed by atoms with E-state index >= 15 is 0 Å². The van der Waals surface area contributed by atoms with Gasteiger partial charge < -0.3 is 9.64 Å². The molecule has 1 aromatic carbocycles. The normalized spacial score (nSPS) is 11.8. The lowest BCUT2D eigenvalue weighted by atomic mass is 9.90. The van der Waals surface area contributed by atoms with Crippen LogP contribution in [-0.2, 0) is 6.42 Å². The van der Waals surface area contributed by atoms with E-state index in [1.165, 1.54) is 0 Å². The van der Waals surface area contributed by atoms with Crippen molar-refractivity contribution in [3.63, 3.8) is 0 Å². The van der Waals surface area contributed by atoms with Crippen LogP contribution >= 0.6 is 0 Å². The molecule has 0 bridgehead atoms. The van der Waals surface area contributed by atoms with Gasteiger partial charge in [-0.05, 0) is 55.9 Å². The maximum absolute atomic E-state index is 6.05. The molecule has 0 saturated carbocycles. The summed E-state index contributed by atoms with van der Waals surface area (Å²) in [6.45, 7) is 13.8. The van der Waals surface area contributed by atoms with Crippen LogP contribution in [0.3, 0.4) is 0 Å². The third-order valence-electron chi connectivity index (χ3n) is 4.38. The van der Waals surface area contributed by atoms with Crippen LogP contribution in [0.25, 0.3) is 0 Å². The second kappa shape index (κ2) is 8.98. The summed E-state index contributed by atoms with van der Waals surface area (Å²) in [5.74, 6) is 2.20. The highest BCUT2D eigenvalue weighted by Gasteiger charge is 2.12. The summed E-state index contributed by atoms with van der Waals surface area (Å²) < 4.78 is 6.05. The smallest absolute Gasteiger partial charge is 0.222 e. The van der Waals surface area contributed by atoms with Gasteiger partial charge in [0.2, 0.25) is 5.88 Å². The molecule has 0 radical (unpaired) electrons. The lowest BCUT2D eigenvalue weighted by molar-refractivity contribution is 0.372. The molecule has 0 atom stereocenters. The number of ether oxygens (including phenoxy) is 1. The van der Waals surface area contributed by atoms with Crippen molar-refractivity contribution >= 4 is 12.0 Å². The largest absolute Gasteiger partial charge is 0.439 e. The van der Waals surface area contributed by atoms with Gasteiger partial charge in [-0.2, -0.15) is 4.98 Å². The van der Waals surface area contributed by atoms with Gasteiger partial charge in [0.15, 0.2) is 0 Å². The summed E-state index contributed by atoms with van der Waals surface area (Å²) in [5.41, 5.74) is 3.31. The van der Waals surface area contributed by atoms with Crippen molar-refractivity contribution in [3.8, 4) is 11.6 Å². The summed E-state index contributed by atoms with van der Waals surface area (Å²) in [7, 11) is 2.01. The van der Waals surface area contributed by atoms with Crippen LogP contribution in [0.15, 0.2) is 29.4 Å². The Morgan fingerprint density at radius 1 is 1.19 bits per heavy atom. The first kappa shape index (κ1) is 20.9. The molecule has 0 spiro atoms. The minimum Gasteiger partial charge on any atom is -0.439 e. The first-order valence-electron chi connectivity index (χ1n) is 9.53. The van der Waals surface area contributed by atoms with E-state index in [1.807, 2.05) is 44.3 Å². The Hall–Kier alpha value is -2.43. The van der Waals surface area contributed by atoms with Crippen LogP contribution in [0.1, 0.15) is 51.1 Å². The average molecular weight is 369 g/mol. The molecule has 1 aromatic heterocycles. The van der Waals surface area contributed by atoms with Crippen molar-refractivity contribution in [2.75, 3.05) is 13.6 Å². The van der Waals surface area contributed by atoms with Gasteiger partial charge in [0.25, 0.3) is 0 Å². The molecule has 0 unspecified atom stereocenters. The zero-order valence-corrected chi connectivity index (χ0v) is 17.7. The highest BCUT2D eigenvalue weighted by atomic mass is 16.5. The summed E-state index contributed by atoms with van der Waals surface area (Å²) in [6.07, 6.45) is 5.50. The third-order valence-corrected chi connectivity index (χ3v) is 4.38. The molecule has 27 heavy (non-hydrogen) atoms. The minimum absolute atomic E-state index is 0.260.